The molecule has 0 atom stereocenters. The zero-order valence-electron chi connectivity index (χ0n) is 21.8. The monoisotopic (exact) mass is 663 g/mol. The molecule has 0 spiro atoms. The average molecular weight is 665 g/mol. The number of nitrogens with zero attached hydrogens (tertiary/aromatic N) is 1. The number of carbonyl (C=O) groups excluding carboxylic acids is 3. The first kappa shape index (κ1) is 31.4. The first-order valence-corrected chi connectivity index (χ1v) is 14.4. The van der Waals surface area contributed by atoms with Gasteiger partial charge in [-0.3, -0.25) is 4.79 Å². The summed E-state index contributed by atoms with van der Waals surface area (Å²) < 4.78 is 16.7. The van der Waals surface area contributed by atoms with Crippen molar-refractivity contribution in [1.29, 1.82) is 5.26 Å². The SMILES string of the molecule is CCOC(=O)c1sc(CC(=O)/C(C#N)=C/c2ccc(OCc3ccc(Cl)cc3Cl)c(Br)c2)c(C(=O)OCC)c1C. The van der Waals surface area contributed by atoms with Gasteiger partial charge in [-0.1, -0.05) is 35.3 Å². The van der Waals surface area contributed by atoms with E-state index in [2.05, 4.69) is 15.9 Å². The van der Waals surface area contributed by atoms with Crippen molar-refractivity contribution in [3.63, 3.8) is 0 Å². The van der Waals surface area contributed by atoms with Crippen LogP contribution in [0, 0.1) is 18.3 Å². The summed E-state index contributed by atoms with van der Waals surface area (Å²) >= 11 is 16.6. The number of allylic oxidation sites excluding steroid dienone is 1. The van der Waals surface area contributed by atoms with Gasteiger partial charge in [0.15, 0.2) is 5.78 Å². The van der Waals surface area contributed by atoms with Crippen LogP contribution in [0.4, 0.5) is 0 Å². The Balaban J connectivity index is 1.82. The standard InChI is InChI=1S/C29H24BrCl2NO6S/c1-4-37-28(35)26-16(3)27(29(36)38-5-2)40-25(26)13-23(34)19(14-33)10-17-6-9-24(21(30)11-17)39-15-18-7-8-20(31)12-22(18)32/h6-12H,4-5,13,15H2,1-3H3/b19-10+. The van der Waals surface area contributed by atoms with Crippen molar-refractivity contribution in [1.82, 2.24) is 0 Å². The van der Waals surface area contributed by atoms with E-state index in [4.69, 9.17) is 37.4 Å². The van der Waals surface area contributed by atoms with Crippen LogP contribution in [-0.4, -0.2) is 30.9 Å². The van der Waals surface area contributed by atoms with Crippen molar-refractivity contribution < 1.29 is 28.6 Å². The van der Waals surface area contributed by atoms with Crippen LogP contribution in [0.15, 0.2) is 46.4 Å². The molecule has 1 aromatic heterocycles. The minimum absolute atomic E-state index is 0.118. The van der Waals surface area contributed by atoms with Crippen LogP contribution in [-0.2, 0) is 27.3 Å². The highest BCUT2D eigenvalue weighted by Gasteiger charge is 2.28. The Hall–Kier alpha value is -3.16. The van der Waals surface area contributed by atoms with Gasteiger partial charge in [0.2, 0.25) is 0 Å². The fraction of sp³-hybridized carbons (Fsp3) is 0.241. The molecule has 0 N–H and O–H groups in total. The third-order valence-corrected chi connectivity index (χ3v) is 8.05. The fourth-order valence-electron chi connectivity index (χ4n) is 3.66. The van der Waals surface area contributed by atoms with Crippen molar-refractivity contribution in [2.75, 3.05) is 13.2 Å². The Bertz CT molecular complexity index is 1530. The molecule has 1 heterocycles. The second kappa shape index (κ2) is 14.5. The molecule has 0 amide bonds. The lowest BCUT2D eigenvalue weighted by atomic mass is 10.0. The third-order valence-electron chi connectivity index (χ3n) is 5.57. The average Bonchev–Trinajstić information content (AvgIpc) is 3.23. The normalized spacial score (nSPS) is 11.1. The molecule has 0 radical (unpaired) electrons. The van der Waals surface area contributed by atoms with E-state index in [9.17, 15) is 19.6 Å². The molecule has 3 rings (SSSR count). The second-order valence-corrected chi connectivity index (χ2v) is 11.1. The van der Waals surface area contributed by atoms with Gasteiger partial charge in [0, 0.05) is 26.9 Å². The van der Waals surface area contributed by atoms with Gasteiger partial charge in [0.25, 0.3) is 0 Å². The van der Waals surface area contributed by atoms with Crippen LogP contribution >= 0.6 is 50.5 Å². The largest absolute Gasteiger partial charge is 0.488 e. The zero-order chi connectivity index (χ0) is 29.4. The van der Waals surface area contributed by atoms with E-state index in [0.717, 1.165) is 16.9 Å². The number of hydrogen-bond donors (Lipinski definition) is 0. The Morgan fingerprint density at radius 3 is 2.38 bits per heavy atom. The third kappa shape index (κ3) is 7.73. The molecule has 2 aromatic carbocycles. The predicted octanol–water partition coefficient (Wildman–Crippen LogP) is 7.78. The first-order valence-electron chi connectivity index (χ1n) is 12.1. The van der Waals surface area contributed by atoms with Gasteiger partial charge in [-0.25, -0.2) is 9.59 Å². The van der Waals surface area contributed by atoms with E-state index in [1.54, 1.807) is 57.2 Å². The van der Waals surface area contributed by atoms with Crippen molar-refractivity contribution in [3.05, 3.63) is 88.5 Å². The lowest BCUT2D eigenvalue weighted by Crippen LogP contribution is -2.12. The number of thiophene rings is 1. The number of ether oxygens (including phenoxy) is 3. The fourth-order valence-corrected chi connectivity index (χ4v) is 5.82. The molecule has 0 bridgehead atoms. The molecule has 0 aliphatic carbocycles. The molecule has 0 aliphatic rings. The minimum atomic E-state index is -0.642. The van der Waals surface area contributed by atoms with Gasteiger partial charge < -0.3 is 14.2 Å². The minimum Gasteiger partial charge on any atom is -0.488 e. The van der Waals surface area contributed by atoms with E-state index < -0.39 is 17.7 Å². The maximum atomic E-state index is 13.2. The van der Waals surface area contributed by atoms with Crippen LogP contribution < -0.4 is 4.74 Å². The molecule has 11 heteroatoms. The number of carbonyl (C=O) groups is 3. The van der Waals surface area contributed by atoms with E-state index in [1.165, 1.54) is 6.08 Å². The quantitative estimate of drug-likeness (QED) is 0.117. The molecule has 3 aromatic rings. The van der Waals surface area contributed by atoms with Crippen LogP contribution in [0.2, 0.25) is 10.0 Å². The number of halogens is 3. The molecule has 0 aliphatic heterocycles. The topological polar surface area (TPSA) is 103 Å². The summed E-state index contributed by atoms with van der Waals surface area (Å²) in [4.78, 5) is 38.8. The molecule has 40 heavy (non-hydrogen) atoms. The van der Waals surface area contributed by atoms with Gasteiger partial charge >= 0.3 is 11.9 Å². The summed E-state index contributed by atoms with van der Waals surface area (Å²) in [5, 5.41) is 10.8. The maximum absolute atomic E-state index is 13.2. The zero-order valence-corrected chi connectivity index (χ0v) is 25.7. The summed E-state index contributed by atoms with van der Waals surface area (Å²) in [6, 6.07) is 12.2. The molecular formula is C29H24BrCl2NO6S. The van der Waals surface area contributed by atoms with Gasteiger partial charge in [0.05, 0.1) is 28.8 Å². The molecular weight excluding hydrogens is 641 g/mol. The Labute approximate surface area is 254 Å². The summed E-state index contributed by atoms with van der Waals surface area (Å²) in [6.45, 7) is 5.44. The first-order chi connectivity index (χ1) is 19.1. The molecule has 7 nitrogen and oxygen atoms in total. The van der Waals surface area contributed by atoms with Gasteiger partial charge in [-0.2, -0.15) is 5.26 Å². The molecule has 208 valence electrons. The number of esters is 2. The predicted molar refractivity (Wildman–Crippen MR) is 158 cm³/mol. The van der Waals surface area contributed by atoms with Crippen LogP contribution in [0.1, 0.15) is 55.4 Å². The van der Waals surface area contributed by atoms with E-state index in [1.807, 2.05) is 6.07 Å². The Kier molecular flexibility index (Phi) is 11.3. The number of rotatable bonds is 11. The highest BCUT2D eigenvalue weighted by Crippen LogP contribution is 2.32. The maximum Gasteiger partial charge on any atom is 0.348 e. The Morgan fingerprint density at radius 2 is 1.75 bits per heavy atom. The lowest BCUT2D eigenvalue weighted by Gasteiger charge is -2.10. The summed E-state index contributed by atoms with van der Waals surface area (Å²) in [5.41, 5.74) is 1.74. The summed E-state index contributed by atoms with van der Waals surface area (Å²) in [7, 11) is 0. The van der Waals surface area contributed by atoms with Crippen molar-refractivity contribution in [2.45, 2.75) is 33.8 Å². The van der Waals surface area contributed by atoms with Crippen molar-refractivity contribution >= 4 is 74.3 Å². The van der Waals surface area contributed by atoms with E-state index >= 15 is 0 Å². The van der Waals surface area contributed by atoms with Crippen LogP contribution in [0.25, 0.3) is 6.08 Å². The molecule has 0 unspecified atom stereocenters. The van der Waals surface area contributed by atoms with Crippen molar-refractivity contribution in [2.24, 2.45) is 0 Å². The number of Topliss-reactive ketones (excluding diaryl/α,β-unsaturated/α-hetero) is 1. The van der Waals surface area contributed by atoms with Gasteiger partial charge in [0.1, 0.15) is 23.3 Å². The number of benzene rings is 2. The highest BCUT2D eigenvalue weighted by molar-refractivity contribution is 9.10. The number of ketones is 1. The molecule has 0 saturated carbocycles. The summed E-state index contributed by atoms with van der Waals surface area (Å²) in [5.74, 6) is -1.21. The highest BCUT2D eigenvalue weighted by atomic mass is 79.9. The smallest absolute Gasteiger partial charge is 0.348 e. The second-order valence-electron chi connectivity index (χ2n) is 8.28. The number of nitriles is 1. The van der Waals surface area contributed by atoms with E-state index in [-0.39, 0.29) is 42.3 Å². The van der Waals surface area contributed by atoms with Crippen LogP contribution in [0.3, 0.4) is 0 Å². The van der Waals surface area contributed by atoms with Crippen molar-refractivity contribution in [3.8, 4) is 11.8 Å². The Morgan fingerprint density at radius 1 is 1.05 bits per heavy atom. The van der Waals surface area contributed by atoms with Gasteiger partial charge in [-0.05, 0) is 78.2 Å². The number of hydrogen-bond acceptors (Lipinski definition) is 8. The van der Waals surface area contributed by atoms with Crippen LogP contribution in [0.5, 0.6) is 5.75 Å². The van der Waals surface area contributed by atoms with E-state index in [0.29, 0.717) is 36.3 Å². The summed E-state index contributed by atoms with van der Waals surface area (Å²) in [6.07, 6.45) is 1.19. The van der Waals surface area contributed by atoms with Gasteiger partial charge in [-0.15, -0.1) is 11.3 Å². The molecule has 0 fully saturated rings. The lowest BCUT2D eigenvalue weighted by molar-refractivity contribution is -0.114. The molecule has 0 saturated heterocycles.